The number of nitrogens with one attached hydrogen (secondary N) is 1. The van der Waals surface area contributed by atoms with Crippen molar-refractivity contribution in [3.05, 3.63) is 30.3 Å². The van der Waals surface area contributed by atoms with Crippen LogP contribution in [-0.2, 0) is 0 Å². The molecule has 1 aromatic rings. The quantitative estimate of drug-likeness (QED) is 0.750. The van der Waals surface area contributed by atoms with E-state index in [-0.39, 0.29) is 0 Å². The van der Waals surface area contributed by atoms with Gasteiger partial charge < -0.3 is 10.2 Å². The summed E-state index contributed by atoms with van der Waals surface area (Å²) in [7, 11) is 0. The van der Waals surface area contributed by atoms with Crippen LogP contribution in [0, 0.1) is 0 Å². The number of unbranched alkanes of at least 4 members (excludes halogenated alkanes) is 2. The first-order valence-electron chi connectivity index (χ1n) is 7.93. The molecule has 2 nitrogen and oxygen atoms in total. The van der Waals surface area contributed by atoms with Gasteiger partial charge in [0.05, 0.1) is 0 Å². The Balaban J connectivity index is 1.92. The number of rotatable bonds is 7. The summed E-state index contributed by atoms with van der Waals surface area (Å²) in [4.78, 5) is 2.57. The third kappa shape index (κ3) is 4.87. The van der Waals surface area contributed by atoms with Crippen LogP contribution < -0.4 is 10.2 Å². The average molecular weight is 260 g/mol. The number of hydrogen-bond donors (Lipinski definition) is 1. The molecule has 1 atom stereocenters. The van der Waals surface area contributed by atoms with E-state index in [1.54, 1.807) is 0 Å². The summed E-state index contributed by atoms with van der Waals surface area (Å²) in [6.07, 6.45) is 7.99. The minimum atomic E-state index is 0.676. The predicted molar refractivity (Wildman–Crippen MR) is 83.8 cm³/mol. The Kier molecular flexibility index (Phi) is 6.22. The third-order valence-corrected chi connectivity index (χ3v) is 4.01. The van der Waals surface area contributed by atoms with E-state index in [0.29, 0.717) is 6.04 Å². The first-order chi connectivity index (χ1) is 9.40. The highest BCUT2D eigenvalue weighted by atomic mass is 15.2. The van der Waals surface area contributed by atoms with Crippen LogP contribution in [0.4, 0.5) is 5.69 Å². The lowest BCUT2D eigenvalue weighted by molar-refractivity contribution is 0.398. The van der Waals surface area contributed by atoms with Gasteiger partial charge in [0, 0.05) is 24.8 Å². The van der Waals surface area contributed by atoms with Crippen molar-refractivity contribution in [3.8, 4) is 0 Å². The maximum atomic E-state index is 3.67. The van der Waals surface area contributed by atoms with E-state index >= 15 is 0 Å². The standard InChI is InChI=1S/C17H28N2/c1-2-3-9-14-19(17-11-5-4-6-12-17)15-16-10-7-8-13-18-16/h4-6,11-12,16,18H,2-3,7-10,13-15H2,1H3. The van der Waals surface area contributed by atoms with E-state index in [9.17, 15) is 0 Å². The van der Waals surface area contributed by atoms with Crippen molar-refractivity contribution in [2.75, 3.05) is 24.5 Å². The monoisotopic (exact) mass is 260 g/mol. The van der Waals surface area contributed by atoms with Crippen LogP contribution in [-0.4, -0.2) is 25.7 Å². The minimum Gasteiger partial charge on any atom is -0.370 e. The molecule has 1 unspecified atom stereocenters. The Morgan fingerprint density at radius 1 is 1.16 bits per heavy atom. The molecule has 1 saturated heterocycles. The number of nitrogens with zero attached hydrogens (tertiary/aromatic N) is 1. The molecule has 1 N–H and O–H groups in total. The zero-order valence-corrected chi connectivity index (χ0v) is 12.3. The highest BCUT2D eigenvalue weighted by molar-refractivity contribution is 5.46. The van der Waals surface area contributed by atoms with Crippen LogP contribution in [0.1, 0.15) is 45.4 Å². The molecule has 1 fully saturated rings. The number of benzene rings is 1. The summed E-state index contributed by atoms with van der Waals surface area (Å²) in [6, 6.07) is 11.6. The maximum Gasteiger partial charge on any atom is 0.0366 e. The molecule has 0 radical (unpaired) electrons. The molecule has 0 aromatic heterocycles. The second kappa shape index (κ2) is 8.21. The van der Waals surface area contributed by atoms with Crippen molar-refractivity contribution in [1.82, 2.24) is 5.32 Å². The second-order valence-corrected chi connectivity index (χ2v) is 5.64. The molecule has 0 saturated carbocycles. The van der Waals surface area contributed by atoms with Crippen LogP contribution in [0.15, 0.2) is 30.3 Å². The van der Waals surface area contributed by atoms with Gasteiger partial charge in [0.25, 0.3) is 0 Å². The van der Waals surface area contributed by atoms with Gasteiger partial charge in [-0.05, 0) is 37.9 Å². The largest absolute Gasteiger partial charge is 0.370 e. The molecule has 106 valence electrons. The normalized spacial score (nSPS) is 19.3. The fourth-order valence-corrected chi connectivity index (χ4v) is 2.86. The van der Waals surface area contributed by atoms with Crippen molar-refractivity contribution in [2.45, 2.75) is 51.5 Å². The molecule has 2 heteroatoms. The molecular weight excluding hydrogens is 232 g/mol. The molecule has 1 heterocycles. The van der Waals surface area contributed by atoms with Crippen molar-refractivity contribution in [1.29, 1.82) is 0 Å². The fraction of sp³-hybridized carbons (Fsp3) is 0.647. The van der Waals surface area contributed by atoms with Crippen molar-refractivity contribution in [2.24, 2.45) is 0 Å². The Bertz CT molecular complexity index is 330. The number of hydrogen-bond acceptors (Lipinski definition) is 2. The molecule has 2 rings (SSSR count). The summed E-state index contributed by atoms with van der Waals surface area (Å²) < 4.78 is 0. The molecule has 0 amide bonds. The van der Waals surface area contributed by atoms with Crippen LogP contribution in [0.2, 0.25) is 0 Å². The zero-order valence-electron chi connectivity index (χ0n) is 12.3. The topological polar surface area (TPSA) is 15.3 Å². The average Bonchev–Trinajstić information content (AvgIpc) is 2.48. The number of para-hydroxylation sites is 1. The highest BCUT2D eigenvalue weighted by Crippen LogP contribution is 2.17. The van der Waals surface area contributed by atoms with E-state index in [1.807, 2.05) is 0 Å². The fourth-order valence-electron chi connectivity index (χ4n) is 2.86. The van der Waals surface area contributed by atoms with Gasteiger partial charge in [-0.25, -0.2) is 0 Å². The number of anilines is 1. The molecule has 0 bridgehead atoms. The molecule has 19 heavy (non-hydrogen) atoms. The smallest absolute Gasteiger partial charge is 0.0366 e. The van der Waals surface area contributed by atoms with Gasteiger partial charge >= 0.3 is 0 Å². The SMILES string of the molecule is CCCCCN(CC1CCCCN1)c1ccccc1. The first kappa shape index (κ1) is 14.4. The maximum absolute atomic E-state index is 3.67. The Hall–Kier alpha value is -1.02. The summed E-state index contributed by atoms with van der Waals surface area (Å²) in [5.74, 6) is 0. The summed E-state index contributed by atoms with van der Waals surface area (Å²) in [5, 5.41) is 3.67. The lowest BCUT2D eigenvalue weighted by Gasteiger charge is -2.32. The summed E-state index contributed by atoms with van der Waals surface area (Å²) in [5.41, 5.74) is 1.38. The van der Waals surface area contributed by atoms with Crippen molar-refractivity contribution < 1.29 is 0 Å². The highest BCUT2D eigenvalue weighted by Gasteiger charge is 2.16. The van der Waals surface area contributed by atoms with Crippen LogP contribution in [0.5, 0.6) is 0 Å². The predicted octanol–water partition coefficient (Wildman–Crippen LogP) is 3.83. The van der Waals surface area contributed by atoms with Crippen LogP contribution >= 0.6 is 0 Å². The first-order valence-corrected chi connectivity index (χ1v) is 7.93. The van der Waals surface area contributed by atoms with Gasteiger partial charge in [-0.15, -0.1) is 0 Å². The minimum absolute atomic E-state index is 0.676. The molecule has 1 aliphatic rings. The Labute approximate surface area is 118 Å². The molecular formula is C17H28N2. The van der Waals surface area contributed by atoms with E-state index in [1.165, 1.54) is 57.3 Å². The zero-order chi connectivity index (χ0) is 13.3. The second-order valence-electron chi connectivity index (χ2n) is 5.64. The van der Waals surface area contributed by atoms with E-state index in [4.69, 9.17) is 0 Å². The van der Waals surface area contributed by atoms with Gasteiger partial charge in [-0.3, -0.25) is 0 Å². The number of piperidine rings is 1. The lowest BCUT2D eigenvalue weighted by atomic mass is 10.0. The lowest BCUT2D eigenvalue weighted by Crippen LogP contribution is -2.44. The van der Waals surface area contributed by atoms with Gasteiger partial charge in [0.2, 0.25) is 0 Å². The molecule has 0 aliphatic carbocycles. The van der Waals surface area contributed by atoms with Gasteiger partial charge in [0.1, 0.15) is 0 Å². The van der Waals surface area contributed by atoms with E-state index in [0.717, 1.165) is 6.54 Å². The van der Waals surface area contributed by atoms with Crippen molar-refractivity contribution in [3.63, 3.8) is 0 Å². The molecule has 1 aliphatic heterocycles. The van der Waals surface area contributed by atoms with E-state index < -0.39 is 0 Å². The summed E-state index contributed by atoms with van der Waals surface area (Å²) >= 11 is 0. The van der Waals surface area contributed by atoms with Gasteiger partial charge in [-0.1, -0.05) is 44.4 Å². The van der Waals surface area contributed by atoms with Gasteiger partial charge in [0.15, 0.2) is 0 Å². The van der Waals surface area contributed by atoms with Crippen LogP contribution in [0.3, 0.4) is 0 Å². The van der Waals surface area contributed by atoms with Crippen molar-refractivity contribution >= 4 is 5.69 Å². The molecule has 0 spiro atoms. The van der Waals surface area contributed by atoms with Gasteiger partial charge in [-0.2, -0.15) is 0 Å². The third-order valence-electron chi connectivity index (χ3n) is 4.01. The Morgan fingerprint density at radius 3 is 2.68 bits per heavy atom. The van der Waals surface area contributed by atoms with Crippen LogP contribution in [0.25, 0.3) is 0 Å². The Morgan fingerprint density at radius 2 is 2.00 bits per heavy atom. The molecule has 1 aromatic carbocycles. The summed E-state index contributed by atoms with van der Waals surface area (Å²) in [6.45, 7) is 5.82. The van der Waals surface area contributed by atoms with E-state index in [2.05, 4.69) is 47.5 Å².